The SMILES string of the molecule is CC(O)C1CCN(C(=O)C2CCCN(Cc3ccccc3)C2)CC1. The Morgan fingerprint density at radius 3 is 2.54 bits per heavy atom. The van der Waals surface area contributed by atoms with Crippen molar-refractivity contribution < 1.29 is 9.90 Å². The van der Waals surface area contributed by atoms with Gasteiger partial charge in [-0.1, -0.05) is 30.3 Å². The van der Waals surface area contributed by atoms with Crippen molar-refractivity contribution in [2.75, 3.05) is 26.2 Å². The minimum atomic E-state index is -0.252. The fourth-order valence-electron chi connectivity index (χ4n) is 4.10. The summed E-state index contributed by atoms with van der Waals surface area (Å²) in [5.41, 5.74) is 1.32. The molecule has 2 saturated heterocycles. The van der Waals surface area contributed by atoms with Crippen molar-refractivity contribution in [2.45, 2.75) is 45.3 Å². The van der Waals surface area contributed by atoms with Crippen LogP contribution in [0.25, 0.3) is 0 Å². The molecule has 2 aliphatic heterocycles. The number of benzene rings is 1. The van der Waals surface area contributed by atoms with Gasteiger partial charge in [0.15, 0.2) is 0 Å². The monoisotopic (exact) mass is 330 g/mol. The van der Waals surface area contributed by atoms with Crippen molar-refractivity contribution in [3.05, 3.63) is 35.9 Å². The molecule has 2 aliphatic rings. The summed E-state index contributed by atoms with van der Waals surface area (Å²) in [6.45, 7) is 6.39. The summed E-state index contributed by atoms with van der Waals surface area (Å²) in [5.74, 6) is 0.831. The maximum atomic E-state index is 12.9. The highest BCUT2D eigenvalue weighted by atomic mass is 16.3. The standard InChI is InChI=1S/C20H30N2O2/c1-16(23)18-9-12-22(13-10-18)20(24)19-8-5-11-21(15-19)14-17-6-3-2-4-7-17/h2-4,6-7,16,18-19,23H,5,8-15H2,1H3. The fourth-order valence-corrected chi connectivity index (χ4v) is 4.10. The van der Waals surface area contributed by atoms with E-state index in [0.29, 0.717) is 11.8 Å². The summed E-state index contributed by atoms with van der Waals surface area (Å²) >= 11 is 0. The molecule has 3 rings (SSSR count). The van der Waals surface area contributed by atoms with E-state index in [1.54, 1.807) is 0 Å². The number of hydrogen-bond acceptors (Lipinski definition) is 3. The summed E-state index contributed by atoms with van der Waals surface area (Å²) < 4.78 is 0. The Morgan fingerprint density at radius 1 is 1.17 bits per heavy atom. The van der Waals surface area contributed by atoms with Gasteiger partial charge in [0.05, 0.1) is 12.0 Å². The Hall–Kier alpha value is -1.39. The minimum Gasteiger partial charge on any atom is -0.393 e. The van der Waals surface area contributed by atoms with Gasteiger partial charge >= 0.3 is 0 Å². The van der Waals surface area contributed by atoms with E-state index in [1.807, 2.05) is 17.9 Å². The van der Waals surface area contributed by atoms with E-state index in [-0.39, 0.29) is 12.0 Å². The highest BCUT2D eigenvalue weighted by Gasteiger charge is 2.32. The van der Waals surface area contributed by atoms with E-state index >= 15 is 0 Å². The molecule has 1 aromatic rings. The van der Waals surface area contributed by atoms with Crippen molar-refractivity contribution in [3.63, 3.8) is 0 Å². The normalized spacial score (nSPS) is 24.8. The quantitative estimate of drug-likeness (QED) is 0.922. The van der Waals surface area contributed by atoms with Crippen LogP contribution in [0, 0.1) is 11.8 Å². The average Bonchev–Trinajstić information content (AvgIpc) is 2.62. The highest BCUT2D eigenvalue weighted by Crippen LogP contribution is 2.25. The first kappa shape index (κ1) is 17.4. The van der Waals surface area contributed by atoms with E-state index in [1.165, 1.54) is 5.56 Å². The van der Waals surface area contributed by atoms with Crippen LogP contribution < -0.4 is 0 Å². The van der Waals surface area contributed by atoms with Crippen LogP contribution in [0.5, 0.6) is 0 Å². The van der Waals surface area contributed by atoms with Crippen molar-refractivity contribution >= 4 is 5.91 Å². The number of carbonyl (C=O) groups is 1. The molecule has 1 N–H and O–H groups in total. The van der Waals surface area contributed by atoms with Gasteiger partial charge in [0.2, 0.25) is 5.91 Å². The van der Waals surface area contributed by atoms with E-state index < -0.39 is 0 Å². The molecule has 4 nitrogen and oxygen atoms in total. The zero-order valence-electron chi connectivity index (χ0n) is 14.7. The van der Waals surface area contributed by atoms with Gasteiger partial charge in [0, 0.05) is 26.2 Å². The number of carbonyl (C=O) groups excluding carboxylic acids is 1. The van der Waals surface area contributed by atoms with Crippen molar-refractivity contribution in [3.8, 4) is 0 Å². The first-order valence-corrected chi connectivity index (χ1v) is 9.36. The van der Waals surface area contributed by atoms with E-state index in [2.05, 4.69) is 29.2 Å². The molecule has 1 aromatic carbocycles. The van der Waals surface area contributed by atoms with Gasteiger partial charge in [-0.3, -0.25) is 9.69 Å². The summed E-state index contributed by atoms with van der Waals surface area (Å²) in [4.78, 5) is 17.3. The number of aliphatic hydroxyl groups is 1. The van der Waals surface area contributed by atoms with Gasteiger partial charge in [-0.15, -0.1) is 0 Å². The molecule has 24 heavy (non-hydrogen) atoms. The molecule has 0 saturated carbocycles. The Kier molecular flexibility index (Phi) is 5.90. The van der Waals surface area contributed by atoms with Gasteiger partial charge in [0.25, 0.3) is 0 Å². The van der Waals surface area contributed by atoms with Gasteiger partial charge in [-0.25, -0.2) is 0 Å². The molecule has 2 atom stereocenters. The Bertz CT molecular complexity index is 524. The Balaban J connectivity index is 1.52. The van der Waals surface area contributed by atoms with Crippen LogP contribution in [0.4, 0.5) is 0 Å². The lowest BCUT2D eigenvalue weighted by Gasteiger charge is -2.38. The van der Waals surface area contributed by atoms with Crippen LogP contribution in [-0.2, 0) is 11.3 Å². The lowest BCUT2D eigenvalue weighted by Crippen LogP contribution is -2.47. The number of amides is 1. The van der Waals surface area contributed by atoms with Crippen molar-refractivity contribution in [2.24, 2.45) is 11.8 Å². The fraction of sp³-hybridized carbons (Fsp3) is 0.650. The number of likely N-dealkylation sites (tertiary alicyclic amines) is 2. The molecule has 2 fully saturated rings. The number of piperidine rings is 2. The number of nitrogens with zero attached hydrogens (tertiary/aromatic N) is 2. The maximum absolute atomic E-state index is 12.9. The molecular formula is C20H30N2O2. The van der Waals surface area contributed by atoms with E-state index in [0.717, 1.165) is 58.4 Å². The molecule has 2 heterocycles. The van der Waals surface area contributed by atoms with Crippen molar-refractivity contribution in [1.29, 1.82) is 0 Å². The third-order valence-corrected chi connectivity index (χ3v) is 5.64. The van der Waals surface area contributed by atoms with E-state index in [9.17, 15) is 9.90 Å². The number of aliphatic hydroxyl groups excluding tert-OH is 1. The third-order valence-electron chi connectivity index (χ3n) is 5.64. The maximum Gasteiger partial charge on any atom is 0.226 e. The van der Waals surface area contributed by atoms with Crippen LogP contribution in [0.1, 0.15) is 38.2 Å². The molecule has 0 radical (unpaired) electrons. The molecule has 132 valence electrons. The predicted molar refractivity (Wildman–Crippen MR) is 95.4 cm³/mol. The molecule has 0 aromatic heterocycles. The molecule has 0 aliphatic carbocycles. The molecule has 1 amide bonds. The summed E-state index contributed by atoms with van der Waals surface area (Å²) in [5, 5.41) is 9.72. The summed E-state index contributed by atoms with van der Waals surface area (Å²) in [7, 11) is 0. The van der Waals surface area contributed by atoms with Crippen molar-refractivity contribution in [1.82, 2.24) is 9.80 Å². The van der Waals surface area contributed by atoms with Crippen LogP contribution in [0.2, 0.25) is 0 Å². The first-order valence-electron chi connectivity index (χ1n) is 9.36. The summed E-state index contributed by atoms with van der Waals surface area (Å²) in [6, 6.07) is 10.5. The molecule has 0 bridgehead atoms. The molecule has 0 spiro atoms. The second-order valence-electron chi connectivity index (χ2n) is 7.46. The first-order chi connectivity index (χ1) is 11.6. The topological polar surface area (TPSA) is 43.8 Å². The third kappa shape index (κ3) is 4.37. The highest BCUT2D eigenvalue weighted by molar-refractivity contribution is 5.79. The van der Waals surface area contributed by atoms with Crippen LogP contribution in [0.3, 0.4) is 0 Å². The van der Waals surface area contributed by atoms with Gasteiger partial charge in [-0.2, -0.15) is 0 Å². The Labute approximate surface area is 145 Å². The van der Waals surface area contributed by atoms with Gasteiger partial charge < -0.3 is 10.0 Å². The minimum absolute atomic E-state index is 0.144. The lowest BCUT2D eigenvalue weighted by molar-refractivity contribution is -0.139. The zero-order chi connectivity index (χ0) is 16.9. The Morgan fingerprint density at radius 2 is 1.88 bits per heavy atom. The zero-order valence-corrected chi connectivity index (χ0v) is 14.7. The number of hydrogen-bond donors (Lipinski definition) is 1. The second-order valence-corrected chi connectivity index (χ2v) is 7.46. The number of rotatable bonds is 4. The smallest absolute Gasteiger partial charge is 0.226 e. The molecule has 4 heteroatoms. The van der Waals surface area contributed by atoms with Crippen LogP contribution in [0.15, 0.2) is 30.3 Å². The van der Waals surface area contributed by atoms with Crippen LogP contribution >= 0.6 is 0 Å². The van der Waals surface area contributed by atoms with Gasteiger partial charge in [0.1, 0.15) is 0 Å². The molecule has 2 unspecified atom stereocenters. The molecular weight excluding hydrogens is 300 g/mol. The second kappa shape index (κ2) is 8.13. The van der Waals surface area contributed by atoms with Gasteiger partial charge in [-0.05, 0) is 50.6 Å². The van der Waals surface area contributed by atoms with Crippen LogP contribution in [-0.4, -0.2) is 53.1 Å². The summed E-state index contributed by atoms with van der Waals surface area (Å²) in [6.07, 6.45) is 3.74. The van der Waals surface area contributed by atoms with E-state index in [4.69, 9.17) is 0 Å². The largest absolute Gasteiger partial charge is 0.393 e. The average molecular weight is 330 g/mol. The lowest BCUT2D eigenvalue weighted by atomic mass is 9.90. The predicted octanol–water partition coefficient (Wildman–Crippen LogP) is 2.52.